The van der Waals surface area contributed by atoms with E-state index in [1.165, 1.54) is 67.9 Å². The second-order valence-electron chi connectivity index (χ2n) is 6.60. The highest BCUT2D eigenvalue weighted by molar-refractivity contribution is 14.0. The Bertz CT molecular complexity index is 484. The van der Waals surface area contributed by atoms with Gasteiger partial charge in [-0.05, 0) is 71.3 Å². The molecular weight excluding hydrogens is 443 g/mol. The first-order valence-corrected chi connectivity index (χ1v) is 10.4. The molecule has 0 radical (unpaired) electrons. The summed E-state index contributed by atoms with van der Waals surface area (Å²) >= 11 is 1.83. The summed E-state index contributed by atoms with van der Waals surface area (Å²) in [6.45, 7) is 10.9. The molecule has 6 heteroatoms. The molecule has 0 aromatic carbocycles. The summed E-state index contributed by atoms with van der Waals surface area (Å²) in [7, 11) is 0. The summed E-state index contributed by atoms with van der Waals surface area (Å²) in [5, 5.41) is 6.80. The molecule has 0 saturated carbocycles. The molecule has 144 valence electrons. The molecule has 0 bridgehead atoms. The van der Waals surface area contributed by atoms with Gasteiger partial charge in [0.15, 0.2) is 5.96 Å². The van der Waals surface area contributed by atoms with E-state index < -0.39 is 0 Å². The highest BCUT2D eigenvalue weighted by Gasteiger charge is 2.08. The zero-order valence-corrected chi connectivity index (χ0v) is 19.0. The van der Waals surface area contributed by atoms with Gasteiger partial charge in [-0.25, -0.2) is 4.99 Å². The Morgan fingerprint density at radius 2 is 1.92 bits per heavy atom. The monoisotopic (exact) mass is 478 g/mol. The SMILES string of the molecule is CCNC(=NCc1ccc(C)s1)NCCCCCN1CCCCC1.I. The van der Waals surface area contributed by atoms with E-state index in [0.717, 1.165) is 25.6 Å². The van der Waals surface area contributed by atoms with E-state index in [1.807, 2.05) is 11.3 Å². The Morgan fingerprint density at radius 3 is 2.60 bits per heavy atom. The normalized spacial score (nSPS) is 15.7. The van der Waals surface area contributed by atoms with Crippen LogP contribution in [-0.2, 0) is 6.54 Å². The number of nitrogens with one attached hydrogen (secondary N) is 2. The maximum absolute atomic E-state index is 4.68. The van der Waals surface area contributed by atoms with Gasteiger partial charge >= 0.3 is 0 Å². The van der Waals surface area contributed by atoms with Gasteiger partial charge in [0.2, 0.25) is 0 Å². The number of aryl methyl sites for hydroxylation is 1. The molecule has 25 heavy (non-hydrogen) atoms. The van der Waals surface area contributed by atoms with Crippen LogP contribution in [0.1, 0.15) is 55.2 Å². The van der Waals surface area contributed by atoms with Crippen molar-refractivity contribution in [3.8, 4) is 0 Å². The minimum absolute atomic E-state index is 0. The highest BCUT2D eigenvalue weighted by atomic mass is 127. The molecule has 1 aliphatic rings. The molecule has 1 saturated heterocycles. The molecule has 0 atom stereocenters. The second-order valence-corrected chi connectivity index (χ2v) is 7.97. The van der Waals surface area contributed by atoms with Gasteiger partial charge in [-0.15, -0.1) is 35.3 Å². The van der Waals surface area contributed by atoms with Crippen LogP contribution in [0.2, 0.25) is 0 Å². The fourth-order valence-corrected chi connectivity index (χ4v) is 3.91. The van der Waals surface area contributed by atoms with Gasteiger partial charge in [-0.2, -0.15) is 0 Å². The summed E-state index contributed by atoms with van der Waals surface area (Å²) in [6, 6.07) is 4.34. The van der Waals surface area contributed by atoms with Crippen LogP contribution in [0.15, 0.2) is 17.1 Å². The van der Waals surface area contributed by atoms with Gasteiger partial charge in [-0.3, -0.25) is 0 Å². The van der Waals surface area contributed by atoms with Crippen molar-refractivity contribution in [2.45, 2.75) is 58.9 Å². The Kier molecular flexibility index (Phi) is 12.5. The van der Waals surface area contributed by atoms with Gasteiger partial charge in [0.25, 0.3) is 0 Å². The van der Waals surface area contributed by atoms with Crippen molar-refractivity contribution in [2.75, 3.05) is 32.7 Å². The number of guanidine groups is 1. The number of halogens is 1. The third-order valence-corrected chi connectivity index (χ3v) is 5.41. The minimum Gasteiger partial charge on any atom is -0.357 e. The summed E-state index contributed by atoms with van der Waals surface area (Å²) in [6.07, 6.45) is 8.06. The van der Waals surface area contributed by atoms with Crippen molar-refractivity contribution in [1.82, 2.24) is 15.5 Å². The van der Waals surface area contributed by atoms with Crippen LogP contribution in [0.25, 0.3) is 0 Å². The molecule has 0 aliphatic carbocycles. The first kappa shape index (κ1) is 22.7. The first-order chi connectivity index (χ1) is 11.8. The lowest BCUT2D eigenvalue weighted by Gasteiger charge is -2.26. The number of aliphatic imine (C=N–C) groups is 1. The number of likely N-dealkylation sites (tertiary alicyclic amines) is 1. The molecule has 1 aromatic heterocycles. The van der Waals surface area contributed by atoms with E-state index in [2.05, 4.69) is 46.5 Å². The summed E-state index contributed by atoms with van der Waals surface area (Å²) in [5.41, 5.74) is 0. The van der Waals surface area contributed by atoms with E-state index in [1.54, 1.807) is 0 Å². The zero-order valence-electron chi connectivity index (χ0n) is 15.9. The third-order valence-electron chi connectivity index (χ3n) is 4.43. The molecule has 0 amide bonds. The highest BCUT2D eigenvalue weighted by Crippen LogP contribution is 2.15. The van der Waals surface area contributed by atoms with Crippen molar-refractivity contribution in [3.05, 3.63) is 21.9 Å². The molecule has 2 heterocycles. The Labute approximate surface area is 174 Å². The van der Waals surface area contributed by atoms with Crippen LogP contribution in [-0.4, -0.2) is 43.6 Å². The number of hydrogen-bond donors (Lipinski definition) is 2. The first-order valence-electron chi connectivity index (χ1n) is 9.58. The van der Waals surface area contributed by atoms with E-state index in [4.69, 9.17) is 0 Å². The minimum atomic E-state index is 0. The molecule has 2 rings (SSSR count). The Hall–Kier alpha value is -0.340. The van der Waals surface area contributed by atoms with E-state index in [9.17, 15) is 0 Å². The predicted octanol–water partition coefficient (Wildman–Crippen LogP) is 4.39. The van der Waals surface area contributed by atoms with Crippen molar-refractivity contribution in [2.24, 2.45) is 4.99 Å². The van der Waals surface area contributed by atoms with Crippen LogP contribution in [0.3, 0.4) is 0 Å². The zero-order chi connectivity index (χ0) is 17.0. The molecule has 4 nitrogen and oxygen atoms in total. The lowest BCUT2D eigenvalue weighted by atomic mass is 10.1. The largest absolute Gasteiger partial charge is 0.357 e. The number of nitrogens with zero attached hydrogens (tertiary/aromatic N) is 2. The van der Waals surface area contributed by atoms with Crippen LogP contribution in [0.5, 0.6) is 0 Å². The van der Waals surface area contributed by atoms with Gasteiger partial charge in [-0.1, -0.05) is 12.8 Å². The Morgan fingerprint density at radius 1 is 1.12 bits per heavy atom. The molecule has 1 fully saturated rings. The summed E-state index contributed by atoms with van der Waals surface area (Å²) < 4.78 is 0. The molecule has 0 spiro atoms. The van der Waals surface area contributed by atoms with Crippen LogP contribution < -0.4 is 10.6 Å². The topological polar surface area (TPSA) is 39.7 Å². The van der Waals surface area contributed by atoms with Crippen LogP contribution >= 0.6 is 35.3 Å². The fourth-order valence-electron chi connectivity index (χ4n) is 3.10. The number of piperidine rings is 1. The molecule has 2 N–H and O–H groups in total. The van der Waals surface area contributed by atoms with Gasteiger partial charge < -0.3 is 15.5 Å². The maximum atomic E-state index is 4.68. The predicted molar refractivity (Wildman–Crippen MR) is 121 cm³/mol. The third kappa shape index (κ3) is 9.80. The number of thiophene rings is 1. The van der Waals surface area contributed by atoms with E-state index in [0.29, 0.717) is 0 Å². The number of unbranched alkanes of at least 4 members (excludes halogenated alkanes) is 2. The van der Waals surface area contributed by atoms with E-state index in [-0.39, 0.29) is 24.0 Å². The summed E-state index contributed by atoms with van der Waals surface area (Å²) in [4.78, 5) is 9.99. The molecule has 1 aromatic rings. The summed E-state index contributed by atoms with van der Waals surface area (Å²) in [5.74, 6) is 0.944. The molecular formula is C19H35IN4S. The van der Waals surface area contributed by atoms with Gasteiger partial charge in [0, 0.05) is 22.8 Å². The molecule has 1 aliphatic heterocycles. The van der Waals surface area contributed by atoms with Crippen molar-refractivity contribution >= 4 is 41.3 Å². The van der Waals surface area contributed by atoms with Crippen LogP contribution in [0, 0.1) is 6.92 Å². The average Bonchev–Trinajstić information content (AvgIpc) is 3.02. The molecule has 0 unspecified atom stereocenters. The number of hydrogen-bond acceptors (Lipinski definition) is 3. The van der Waals surface area contributed by atoms with Crippen LogP contribution in [0.4, 0.5) is 0 Å². The lowest BCUT2D eigenvalue weighted by Crippen LogP contribution is -2.37. The van der Waals surface area contributed by atoms with Gasteiger partial charge in [0.1, 0.15) is 0 Å². The van der Waals surface area contributed by atoms with Crippen molar-refractivity contribution < 1.29 is 0 Å². The van der Waals surface area contributed by atoms with Crippen molar-refractivity contribution in [3.63, 3.8) is 0 Å². The quantitative estimate of drug-likeness (QED) is 0.240. The standard InChI is InChI=1S/C19H34N4S.HI/c1-3-20-19(22-16-18-11-10-17(2)24-18)21-12-6-4-7-13-23-14-8-5-9-15-23;/h10-11H,3-9,12-16H2,1-2H3,(H2,20,21,22);1H. The fraction of sp³-hybridized carbons (Fsp3) is 0.737. The second kappa shape index (κ2) is 13.8. The Balaban J connectivity index is 0.00000312. The average molecular weight is 478 g/mol. The number of rotatable bonds is 9. The van der Waals surface area contributed by atoms with Gasteiger partial charge in [0.05, 0.1) is 6.54 Å². The maximum Gasteiger partial charge on any atom is 0.191 e. The van der Waals surface area contributed by atoms with E-state index >= 15 is 0 Å². The smallest absolute Gasteiger partial charge is 0.191 e. The van der Waals surface area contributed by atoms with Crippen molar-refractivity contribution in [1.29, 1.82) is 0 Å². The lowest BCUT2D eigenvalue weighted by molar-refractivity contribution is 0.224.